The fraction of sp³-hybridized carbons (Fsp3) is 0.0833. The summed E-state index contributed by atoms with van der Waals surface area (Å²) >= 11 is 0. The third-order valence-corrected chi connectivity index (χ3v) is 2.72. The first-order valence-corrected chi connectivity index (χ1v) is 5.25. The monoisotopic (exact) mass is 226 g/mol. The zero-order valence-electron chi connectivity index (χ0n) is 9.19. The summed E-state index contributed by atoms with van der Waals surface area (Å²) in [5.41, 5.74) is 2.31. The minimum absolute atomic E-state index is 0.179. The van der Waals surface area contributed by atoms with E-state index in [9.17, 15) is 4.79 Å². The highest BCUT2D eigenvalue weighted by molar-refractivity contribution is 5.75. The molecule has 0 aliphatic heterocycles. The molecule has 3 rings (SSSR count). The van der Waals surface area contributed by atoms with E-state index in [1.807, 2.05) is 31.2 Å². The highest BCUT2D eigenvalue weighted by Gasteiger charge is 2.08. The molecule has 2 N–H and O–H groups in total. The van der Waals surface area contributed by atoms with Gasteiger partial charge in [0, 0.05) is 5.56 Å². The number of aryl methyl sites for hydroxylation is 1. The van der Waals surface area contributed by atoms with Gasteiger partial charge in [-0.3, -0.25) is 9.89 Å². The molecule has 0 aliphatic rings. The first-order valence-electron chi connectivity index (χ1n) is 5.25. The van der Waals surface area contributed by atoms with Gasteiger partial charge >= 0.3 is 0 Å². The lowest BCUT2D eigenvalue weighted by Crippen LogP contribution is -2.08. The molecular weight excluding hydrogens is 216 g/mol. The van der Waals surface area contributed by atoms with Crippen LogP contribution in [-0.2, 0) is 0 Å². The van der Waals surface area contributed by atoms with Crippen molar-refractivity contribution in [3.63, 3.8) is 0 Å². The molecule has 0 atom stereocenters. The fourth-order valence-electron chi connectivity index (χ4n) is 1.81. The second-order valence-corrected chi connectivity index (χ2v) is 3.86. The van der Waals surface area contributed by atoms with Crippen LogP contribution >= 0.6 is 0 Å². The quantitative estimate of drug-likeness (QED) is 0.662. The predicted molar refractivity (Wildman–Crippen MR) is 64.7 cm³/mol. The minimum Gasteiger partial charge on any atom is -0.306 e. The van der Waals surface area contributed by atoms with Crippen LogP contribution in [0.15, 0.2) is 35.3 Å². The van der Waals surface area contributed by atoms with Crippen LogP contribution in [0.25, 0.3) is 22.4 Å². The number of aromatic nitrogens is 4. The van der Waals surface area contributed by atoms with Crippen molar-refractivity contribution in [2.75, 3.05) is 0 Å². The minimum atomic E-state index is -0.179. The van der Waals surface area contributed by atoms with Crippen molar-refractivity contribution in [1.82, 2.24) is 20.2 Å². The van der Waals surface area contributed by atoms with Crippen molar-refractivity contribution < 1.29 is 0 Å². The summed E-state index contributed by atoms with van der Waals surface area (Å²) in [6, 6.07) is 7.77. The summed E-state index contributed by atoms with van der Waals surface area (Å²) in [7, 11) is 0. The van der Waals surface area contributed by atoms with Crippen molar-refractivity contribution in [3.8, 4) is 11.4 Å². The lowest BCUT2D eigenvalue weighted by atomic mass is 10.1. The van der Waals surface area contributed by atoms with Gasteiger partial charge in [0.2, 0.25) is 0 Å². The summed E-state index contributed by atoms with van der Waals surface area (Å²) < 4.78 is 0. The number of H-pyrrole nitrogens is 2. The molecule has 0 amide bonds. The number of rotatable bonds is 1. The van der Waals surface area contributed by atoms with Crippen molar-refractivity contribution >= 4 is 11.0 Å². The number of benzene rings is 1. The van der Waals surface area contributed by atoms with Crippen LogP contribution in [0.5, 0.6) is 0 Å². The van der Waals surface area contributed by atoms with Gasteiger partial charge in [-0.25, -0.2) is 4.98 Å². The largest absolute Gasteiger partial charge is 0.306 e. The molecule has 0 bridgehead atoms. The molecule has 0 radical (unpaired) electrons. The Morgan fingerprint density at radius 3 is 2.88 bits per heavy atom. The van der Waals surface area contributed by atoms with Crippen molar-refractivity contribution in [1.29, 1.82) is 0 Å². The fourth-order valence-corrected chi connectivity index (χ4v) is 1.81. The average Bonchev–Trinajstić information content (AvgIpc) is 2.78. The Labute approximate surface area is 96.5 Å². The number of nitrogens with zero attached hydrogens (tertiary/aromatic N) is 2. The zero-order chi connectivity index (χ0) is 11.8. The first kappa shape index (κ1) is 9.77. The van der Waals surface area contributed by atoms with Gasteiger partial charge in [0.15, 0.2) is 5.65 Å². The molecule has 1 aromatic carbocycles. The summed E-state index contributed by atoms with van der Waals surface area (Å²) in [5, 5.41) is 7.00. The molecule has 0 unspecified atom stereocenters. The smallest absolute Gasteiger partial charge is 0.262 e. The van der Waals surface area contributed by atoms with Gasteiger partial charge in [0.05, 0.1) is 6.20 Å². The van der Waals surface area contributed by atoms with Gasteiger partial charge < -0.3 is 4.98 Å². The summed E-state index contributed by atoms with van der Waals surface area (Å²) in [6.07, 6.45) is 1.47. The number of nitrogens with one attached hydrogen (secondary N) is 2. The van der Waals surface area contributed by atoms with Gasteiger partial charge in [0.25, 0.3) is 5.56 Å². The Morgan fingerprint density at radius 1 is 1.24 bits per heavy atom. The van der Waals surface area contributed by atoms with E-state index < -0.39 is 0 Å². The van der Waals surface area contributed by atoms with E-state index in [0.717, 1.165) is 11.1 Å². The van der Waals surface area contributed by atoms with Gasteiger partial charge in [-0.1, -0.05) is 24.3 Å². The summed E-state index contributed by atoms with van der Waals surface area (Å²) in [6.45, 7) is 1.98. The van der Waals surface area contributed by atoms with Crippen LogP contribution in [0.1, 0.15) is 5.56 Å². The van der Waals surface area contributed by atoms with Gasteiger partial charge in [-0.2, -0.15) is 5.10 Å². The Balaban J connectivity index is 2.32. The molecule has 84 valence electrons. The van der Waals surface area contributed by atoms with Crippen molar-refractivity contribution in [3.05, 3.63) is 46.4 Å². The third kappa shape index (κ3) is 1.52. The maximum absolute atomic E-state index is 11.8. The molecule has 5 nitrogen and oxygen atoms in total. The highest BCUT2D eigenvalue weighted by atomic mass is 16.1. The Morgan fingerprint density at radius 2 is 2.06 bits per heavy atom. The third-order valence-electron chi connectivity index (χ3n) is 2.72. The predicted octanol–water partition coefficient (Wildman–Crippen LogP) is 1.62. The van der Waals surface area contributed by atoms with Crippen LogP contribution in [0.3, 0.4) is 0 Å². The molecule has 0 aliphatic carbocycles. The number of aromatic amines is 2. The Kier molecular flexibility index (Phi) is 2.04. The molecule has 2 aromatic heterocycles. The second-order valence-electron chi connectivity index (χ2n) is 3.86. The maximum Gasteiger partial charge on any atom is 0.262 e. The number of hydrogen-bond donors (Lipinski definition) is 2. The maximum atomic E-state index is 11.8. The molecular formula is C12H10N4O. The lowest BCUT2D eigenvalue weighted by molar-refractivity contribution is 1.09. The van der Waals surface area contributed by atoms with Gasteiger partial charge in [-0.05, 0) is 12.5 Å². The second kappa shape index (κ2) is 3.55. The van der Waals surface area contributed by atoms with Crippen LogP contribution in [-0.4, -0.2) is 20.2 Å². The number of fused-ring (bicyclic) bond motifs is 1. The average molecular weight is 226 g/mol. The Bertz CT molecular complexity index is 741. The van der Waals surface area contributed by atoms with Gasteiger partial charge in [-0.15, -0.1) is 0 Å². The van der Waals surface area contributed by atoms with E-state index in [2.05, 4.69) is 20.2 Å². The normalized spacial score (nSPS) is 10.9. The van der Waals surface area contributed by atoms with E-state index in [-0.39, 0.29) is 5.56 Å². The van der Waals surface area contributed by atoms with Crippen LogP contribution in [0, 0.1) is 6.92 Å². The van der Waals surface area contributed by atoms with E-state index in [1.54, 1.807) is 0 Å². The summed E-state index contributed by atoms with van der Waals surface area (Å²) in [5.74, 6) is 0.560. The van der Waals surface area contributed by atoms with E-state index in [4.69, 9.17) is 0 Å². The zero-order valence-corrected chi connectivity index (χ0v) is 9.19. The molecule has 0 fully saturated rings. The highest BCUT2D eigenvalue weighted by Crippen LogP contribution is 2.18. The van der Waals surface area contributed by atoms with Crippen LogP contribution < -0.4 is 5.56 Å². The number of hydrogen-bond acceptors (Lipinski definition) is 3. The molecule has 3 aromatic rings. The van der Waals surface area contributed by atoms with Crippen molar-refractivity contribution in [2.45, 2.75) is 6.92 Å². The first-order chi connectivity index (χ1) is 8.25. The van der Waals surface area contributed by atoms with E-state index in [1.165, 1.54) is 6.20 Å². The van der Waals surface area contributed by atoms with Crippen LogP contribution in [0.2, 0.25) is 0 Å². The van der Waals surface area contributed by atoms with E-state index in [0.29, 0.717) is 16.9 Å². The summed E-state index contributed by atoms with van der Waals surface area (Å²) in [4.78, 5) is 18.9. The molecule has 0 spiro atoms. The Hall–Kier alpha value is -2.43. The SMILES string of the molecule is Cc1ccccc1-c1nc2[nH]ncc2c(=O)[nH]1. The molecule has 0 saturated heterocycles. The van der Waals surface area contributed by atoms with Crippen molar-refractivity contribution in [2.24, 2.45) is 0 Å². The molecule has 0 saturated carbocycles. The standard InChI is InChI=1S/C12H10N4O/c1-7-4-2-3-5-8(7)10-14-11-9(6-13-16-11)12(17)15-10/h2-6H,1H3,(H2,13,14,15,16,17). The van der Waals surface area contributed by atoms with Crippen LogP contribution in [0.4, 0.5) is 0 Å². The van der Waals surface area contributed by atoms with E-state index >= 15 is 0 Å². The lowest BCUT2D eigenvalue weighted by Gasteiger charge is -2.03. The molecule has 5 heteroatoms. The topological polar surface area (TPSA) is 74.4 Å². The molecule has 17 heavy (non-hydrogen) atoms. The van der Waals surface area contributed by atoms with Gasteiger partial charge in [0.1, 0.15) is 11.2 Å². The molecule has 2 heterocycles.